The van der Waals surface area contributed by atoms with Crippen LogP contribution in [0.2, 0.25) is 0 Å². The van der Waals surface area contributed by atoms with Crippen molar-refractivity contribution in [3.8, 4) is 0 Å². The summed E-state index contributed by atoms with van der Waals surface area (Å²) in [4.78, 5) is 74.1. The summed E-state index contributed by atoms with van der Waals surface area (Å²) < 4.78 is 24.2. The maximum Gasteiger partial charge on any atom is 0.308 e. The Bertz CT molecular complexity index is 1650. The average Bonchev–Trinajstić information content (AvgIpc) is 3.83. The molecule has 1 aromatic heterocycles. The Hall–Kier alpha value is 69.6. The van der Waals surface area contributed by atoms with E-state index in [1.165, 1.54) is 37.5 Å². The minimum Gasteiger partial charge on any atom is -0.469 e. The Balaban J connectivity index is -0.0000000102. The van der Waals surface area contributed by atoms with Crippen LogP contribution >= 0.6 is 11.3 Å². The monoisotopic (exact) mass is 9800 g/mol. The van der Waals surface area contributed by atoms with Crippen LogP contribution in [0.5, 0.6) is 0 Å². The molecule has 4 rings (SSSR count). The third-order valence-corrected chi connectivity index (χ3v) is 11.4. The number of ether oxygens (including phenoxy) is 2. The number of esters is 2. The first kappa shape index (κ1) is 363. The summed E-state index contributed by atoms with van der Waals surface area (Å²) in [6.07, 6.45) is 5.07. The zero-order valence-corrected chi connectivity index (χ0v) is 173. The fourth-order valence-corrected chi connectivity index (χ4v) is 8.17. The third kappa shape index (κ3) is 202. The number of carbonyl (C=O) groups excluding carboxylic acids is 5. The van der Waals surface area contributed by atoms with E-state index in [-0.39, 0.29) is 2270 Å². The molecule has 0 unspecified atom stereocenters. The molecule has 2 amide bonds. The van der Waals surface area contributed by atoms with Crippen LogP contribution in [-0.4, -0.2) is 90.2 Å². The van der Waals surface area contributed by atoms with Gasteiger partial charge in [-0.2, -0.15) is 0 Å². The fraction of sp³-hybridized carbons (Fsp3) is 0.641. The van der Waals surface area contributed by atoms with E-state index in [9.17, 15) is 28.4 Å². The molecule has 2 fully saturated rings. The fourth-order valence-electron chi connectivity index (χ4n) is 7.33. The zero-order valence-electron chi connectivity index (χ0n) is 50.6. The molecule has 109 heavy (non-hydrogen) atoms. The Kier molecular flexibility index (Phi) is 858. The summed E-state index contributed by atoms with van der Waals surface area (Å²) in [5, 5.41) is 4.98. The number of benzene rings is 1. The molecule has 0 spiro atoms. The first-order chi connectivity index (χ1) is 24.7. The molecule has 1 saturated heterocycles. The minimum atomic E-state index is -0.821. The zero-order chi connectivity index (χ0) is 38.1. The number of thiazole rings is 1. The molecular weight excluding hydrogens is 9750 g/mol. The Morgan fingerprint density at radius 2 is 0.844 bits per heavy atom. The maximum absolute atomic E-state index is 14.1. The second-order valence-corrected chi connectivity index (χ2v) is 15.8. The van der Waals surface area contributed by atoms with E-state index in [4.69, 9.17) is 9.47 Å². The standard InChI is InChI=1S/C39H55FN4O7S.57Tb/c1-23(2)33(44(6)38(48)30(27-13-14-27)20-34(46)32-10-8-9-17-43(32)5)21-35(51-25(4)45)37-42-31(22-52-37)36(47)41-29(18-24(3)39(49)50-7)19-26-11-15-28(40)16-12-26;;;;;;;;;;;;;;;;;;;;;;;;;;;;;;;;;;;;;;;;;;;;;;;;;;;;;;;;;/h11-12,15-16,22-24,27,29-30,32-33,35H,8-10,13-14,17-21H2,1-7H3,(H,41,47);;;;;;;;;;;;;;;;;;;;;;;;;;;;;;;;;;;;;;;;;;;;;;;;;;;;;;;;;/t24-,29+,30-,32+,33+,35+;;;;;;;;;;;;;;;;;;;;;;;;;;;;;;;;;;;;;;;;;;;;;;;;;;;;;;;;;/m0........................................................./s1. The Morgan fingerprint density at radius 3 is 1.13 bits per heavy atom. The van der Waals surface area contributed by atoms with Crippen molar-refractivity contribution in [3.63, 3.8) is 0 Å². The number of hydrogen-bond acceptors (Lipinski definition) is 10. The van der Waals surface area contributed by atoms with Crippen molar-refractivity contribution < 1.29 is 2240 Å². The summed E-state index contributed by atoms with van der Waals surface area (Å²) in [6, 6.07) is 4.98. The number of nitrogens with one attached hydrogen (secondary N) is 1. The molecule has 1 aliphatic heterocycles. The predicted octanol–water partition coefficient (Wildman–Crippen LogP) is 5.77. The normalized spacial score (nSPS) is 9.17. The van der Waals surface area contributed by atoms with Gasteiger partial charge in [-0.3, -0.25) is 28.9 Å². The van der Waals surface area contributed by atoms with Crippen LogP contribution in [0, 0.1) is 2230 Å². The van der Waals surface area contributed by atoms with Crippen molar-refractivity contribution in [3.05, 3.63) is 51.7 Å². The van der Waals surface area contributed by atoms with Gasteiger partial charge in [0.05, 0.1) is 19.1 Å². The first-order valence-corrected chi connectivity index (χ1v) is 19.3. The number of amides is 2. The van der Waals surface area contributed by atoms with Crippen molar-refractivity contribution in [1.82, 2.24) is 20.1 Å². The molecule has 1 N–H and O–H groups in total. The van der Waals surface area contributed by atoms with Gasteiger partial charge in [0.1, 0.15) is 16.5 Å². The molecule has 70 heteroatoms. The average molecular weight is 9800 g/mol. The molecule has 2 heterocycles. The van der Waals surface area contributed by atoms with Crippen LogP contribution in [0.1, 0.15) is 106 Å². The number of carbonyl (C=O) groups is 5. The van der Waals surface area contributed by atoms with E-state index >= 15 is 0 Å². The second kappa shape index (κ2) is 258. The van der Waals surface area contributed by atoms with Gasteiger partial charge < -0.3 is 19.7 Å². The predicted molar refractivity (Wildman–Crippen MR) is 196 cm³/mol. The van der Waals surface area contributed by atoms with Crippen LogP contribution in [0.15, 0.2) is 29.6 Å². The molecule has 1 saturated carbocycles. The quantitative estimate of drug-likeness (QED) is 0.185. The van der Waals surface area contributed by atoms with E-state index in [1.54, 1.807) is 36.4 Å². The molecule has 0 bridgehead atoms. The number of nitrogens with zero attached hydrogens (tertiary/aromatic N) is 3. The van der Waals surface area contributed by atoms with E-state index in [2.05, 4.69) is 15.2 Å². The molecule has 6 atom stereocenters. The Labute approximate surface area is 2420 Å². The smallest absolute Gasteiger partial charge is 0.308 e. The summed E-state index contributed by atoms with van der Waals surface area (Å²) in [5.74, 6) is -2.43. The van der Waals surface area contributed by atoms with Crippen LogP contribution in [0.3, 0.4) is 0 Å². The van der Waals surface area contributed by atoms with E-state index in [1.807, 2.05) is 20.9 Å². The number of aromatic nitrogens is 1. The van der Waals surface area contributed by atoms with Crippen LogP contribution < -0.4 is 5.32 Å². The number of rotatable bonds is 18. The van der Waals surface area contributed by atoms with Gasteiger partial charge in [0.25, 0.3) is 5.91 Å². The summed E-state index contributed by atoms with van der Waals surface area (Å²) in [6.45, 7) is 7.92. The van der Waals surface area contributed by atoms with Gasteiger partial charge in [0, 0.05) is 2250 Å². The number of piperidine rings is 1. The second-order valence-electron chi connectivity index (χ2n) is 14.9. The summed E-state index contributed by atoms with van der Waals surface area (Å²) in [5.41, 5.74) is 0.906. The van der Waals surface area contributed by atoms with E-state index in [0.29, 0.717) is 11.4 Å². The minimum absolute atomic E-state index is 0. The van der Waals surface area contributed by atoms with Gasteiger partial charge in [0.2, 0.25) is 5.91 Å². The SMILES string of the molecule is COC(=O)[C@@H](C)C[C@H](Cc1ccc(F)cc1)NC(=O)c1csc([C@@H](C[C@H](C(C)C)N(C)C(=O)[C@@H](CC(=O)[C@H]2CCCCN2C)C2CC2)OC(C)=O)n1.[Tb].[Tb].[Tb].[Tb].[Tb].[Tb].[Tb].[Tb].[Tb].[Tb].[Tb].[Tb].[Tb].[Tb].[Tb].[Tb].[Tb].[Tb].[Tb].[Tb].[Tb].[Tb].[Tb].[Tb].[Tb].[Tb].[Tb].[Tb].[Tb].[Tb].[Tb].[Tb].[Tb].[Tb].[Tb].[Tb].[Tb].[Tb].[Tb].[Tb].[Tb].[Tb].[Tb].[Tb].[Tb].[Tb].[Tb].[Tb].[Tb].[Tb].[Tb].[Tb].[Tb].[Tb].[Tb].[Tb].[Tb]. The van der Waals surface area contributed by atoms with Crippen LogP contribution in [-0.2, 0) is 35.1 Å². The number of likely N-dealkylation sites (N-methyl/N-ethyl adjacent to an activating group) is 1. The van der Waals surface area contributed by atoms with Crippen molar-refractivity contribution in [2.24, 2.45) is 23.7 Å². The van der Waals surface area contributed by atoms with Crippen LogP contribution in [0.4, 0.5) is 4.39 Å². The molecule has 1 aliphatic carbocycles. The van der Waals surface area contributed by atoms with Gasteiger partial charge in [-0.1, -0.05) is 39.3 Å². The number of methoxy groups -OCH3 is 1. The first-order valence-electron chi connectivity index (χ1n) is 18.4. The van der Waals surface area contributed by atoms with Crippen molar-refractivity contribution in [2.45, 2.75) is 110 Å². The van der Waals surface area contributed by atoms with Gasteiger partial charge in [-0.05, 0) is 81.6 Å². The van der Waals surface area contributed by atoms with E-state index in [0.717, 1.165) is 44.2 Å². The van der Waals surface area contributed by atoms with Gasteiger partial charge in [0.15, 0.2) is 11.9 Å². The summed E-state index contributed by atoms with van der Waals surface area (Å²) in [7, 11) is 5.06. The molecule has 2 aromatic rings. The molecule has 799 valence electrons. The van der Waals surface area contributed by atoms with Crippen molar-refractivity contribution in [1.29, 1.82) is 0 Å². The van der Waals surface area contributed by atoms with Crippen LogP contribution in [0.25, 0.3) is 0 Å². The van der Waals surface area contributed by atoms with Crippen molar-refractivity contribution >= 4 is 40.9 Å². The number of halogens is 1. The number of hydrogen-bond donors (Lipinski definition) is 1. The van der Waals surface area contributed by atoms with Gasteiger partial charge in [-0.15, -0.1) is 11.3 Å². The van der Waals surface area contributed by atoms with Gasteiger partial charge >= 0.3 is 11.9 Å². The third-order valence-electron chi connectivity index (χ3n) is 10.5. The topological polar surface area (TPSA) is 135 Å². The van der Waals surface area contributed by atoms with Crippen molar-refractivity contribution in [2.75, 3.05) is 27.7 Å². The van der Waals surface area contributed by atoms with E-state index < -0.39 is 35.9 Å². The maximum atomic E-state index is 14.1. The molecule has 1 aromatic carbocycles. The Morgan fingerprint density at radius 1 is 0.514 bits per heavy atom. The summed E-state index contributed by atoms with van der Waals surface area (Å²) >= 11 is 1.18. The molecule has 57 radical (unpaired) electrons. The molecule has 11 nitrogen and oxygen atoms in total. The number of likely N-dealkylation sites (tertiary alicyclic amines) is 1. The van der Waals surface area contributed by atoms with Gasteiger partial charge in [-0.25, -0.2) is 9.37 Å². The number of Topliss-reactive ketones (excluding diaryl/α,β-unsaturated/α-hetero) is 1. The molecular formula is C39H55FN4O7STb57. The largest absolute Gasteiger partial charge is 0.469 e. The molecule has 2 aliphatic rings. The number of ketones is 1.